The van der Waals surface area contributed by atoms with E-state index in [2.05, 4.69) is 54.4 Å². The van der Waals surface area contributed by atoms with Crippen LogP contribution in [0.25, 0.3) is 10.8 Å². The number of likely N-dealkylation sites (N-methyl/N-ethyl adjacent to an activating group) is 1. The molecule has 1 N–H and O–H groups in total. The standard InChI is InChI=1S/C24H29FN2O/c1-3-27(4-2)16-15-26-17-23-22-8-6-5-7-20(22)11-14-24(23)28-18-19-9-12-21(25)13-10-19/h5-14,26H,3-4,15-18H2,1-2H3. The smallest absolute Gasteiger partial charge is 0.124 e. The predicted octanol–water partition coefficient (Wildman–Crippen LogP) is 4.99. The molecule has 3 aromatic rings. The van der Waals surface area contributed by atoms with Crippen molar-refractivity contribution in [2.45, 2.75) is 27.0 Å². The SMILES string of the molecule is CCN(CC)CCNCc1c(OCc2ccc(F)cc2)ccc2ccccc12. The van der Waals surface area contributed by atoms with Crippen molar-refractivity contribution in [1.82, 2.24) is 10.2 Å². The van der Waals surface area contributed by atoms with E-state index in [9.17, 15) is 4.39 Å². The average Bonchev–Trinajstić information content (AvgIpc) is 2.74. The molecule has 0 aliphatic carbocycles. The zero-order chi connectivity index (χ0) is 19.8. The van der Waals surface area contributed by atoms with Crippen LogP contribution in [0.15, 0.2) is 60.7 Å². The second-order valence-electron chi connectivity index (χ2n) is 6.88. The van der Waals surface area contributed by atoms with Gasteiger partial charge in [-0.3, -0.25) is 0 Å². The molecule has 0 fully saturated rings. The van der Waals surface area contributed by atoms with Gasteiger partial charge in [-0.1, -0.05) is 56.3 Å². The molecule has 0 saturated carbocycles. The lowest BCUT2D eigenvalue weighted by Crippen LogP contribution is -2.31. The summed E-state index contributed by atoms with van der Waals surface area (Å²) in [6, 6.07) is 19.0. The molecule has 0 bridgehead atoms. The minimum atomic E-state index is -0.229. The molecule has 148 valence electrons. The lowest BCUT2D eigenvalue weighted by Gasteiger charge is -2.19. The number of benzene rings is 3. The summed E-state index contributed by atoms with van der Waals surface area (Å²) in [5, 5.41) is 5.98. The minimum Gasteiger partial charge on any atom is -0.489 e. The largest absolute Gasteiger partial charge is 0.489 e. The van der Waals surface area contributed by atoms with Gasteiger partial charge in [0.15, 0.2) is 0 Å². The fourth-order valence-electron chi connectivity index (χ4n) is 3.37. The van der Waals surface area contributed by atoms with Crippen molar-refractivity contribution in [3.63, 3.8) is 0 Å². The van der Waals surface area contributed by atoms with Gasteiger partial charge in [-0.25, -0.2) is 4.39 Å². The lowest BCUT2D eigenvalue weighted by atomic mass is 10.0. The predicted molar refractivity (Wildman–Crippen MR) is 114 cm³/mol. The van der Waals surface area contributed by atoms with Gasteiger partial charge in [0.05, 0.1) is 0 Å². The van der Waals surface area contributed by atoms with Crippen LogP contribution < -0.4 is 10.1 Å². The molecule has 0 unspecified atom stereocenters. The van der Waals surface area contributed by atoms with Crippen LogP contribution >= 0.6 is 0 Å². The summed E-state index contributed by atoms with van der Waals surface area (Å²) >= 11 is 0. The van der Waals surface area contributed by atoms with E-state index in [1.807, 2.05) is 6.07 Å². The summed E-state index contributed by atoms with van der Waals surface area (Å²) in [4.78, 5) is 2.40. The highest BCUT2D eigenvalue weighted by Gasteiger charge is 2.09. The van der Waals surface area contributed by atoms with Crippen LogP contribution in [0, 0.1) is 5.82 Å². The maximum absolute atomic E-state index is 13.1. The number of nitrogens with one attached hydrogen (secondary N) is 1. The molecule has 0 radical (unpaired) electrons. The molecule has 3 aromatic carbocycles. The molecule has 0 amide bonds. The lowest BCUT2D eigenvalue weighted by molar-refractivity contribution is 0.296. The molecule has 0 atom stereocenters. The Morgan fingerprint density at radius 1 is 0.929 bits per heavy atom. The van der Waals surface area contributed by atoms with Crippen LogP contribution in [0.3, 0.4) is 0 Å². The highest BCUT2D eigenvalue weighted by Crippen LogP contribution is 2.28. The molecule has 0 saturated heterocycles. The molecule has 0 aliphatic heterocycles. The van der Waals surface area contributed by atoms with E-state index in [4.69, 9.17) is 4.74 Å². The second-order valence-corrected chi connectivity index (χ2v) is 6.88. The van der Waals surface area contributed by atoms with Crippen molar-refractivity contribution in [2.75, 3.05) is 26.2 Å². The number of ether oxygens (including phenoxy) is 1. The Bertz CT molecular complexity index is 875. The Kier molecular flexibility index (Phi) is 7.40. The van der Waals surface area contributed by atoms with Crippen LogP contribution in [-0.4, -0.2) is 31.1 Å². The molecule has 0 heterocycles. The third kappa shape index (κ3) is 5.31. The molecule has 3 nitrogen and oxygen atoms in total. The van der Waals surface area contributed by atoms with Gasteiger partial charge in [0.25, 0.3) is 0 Å². The average molecular weight is 381 g/mol. The summed E-state index contributed by atoms with van der Waals surface area (Å²) in [6.45, 7) is 9.65. The van der Waals surface area contributed by atoms with Crippen molar-refractivity contribution in [1.29, 1.82) is 0 Å². The molecule has 0 aromatic heterocycles. The first-order chi connectivity index (χ1) is 13.7. The number of rotatable bonds is 10. The zero-order valence-corrected chi connectivity index (χ0v) is 16.7. The summed E-state index contributed by atoms with van der Waals surface area (Å²) in [5.41, 5.74) is 2.12. The second kappa shape index (κ2) is 10.2. The Balaban J connectivity index is 1.73. The summed E-state index contributed by atoms with van der Waals surface area (Å²) < 4.78 is 19.2. The number of fused-ring (bicyclic) bond motifs is 1. The Morgan fingerprint density at radius 2 is 1.68 bits per heavy atom. The van der Waals surface area contributed by atoms with E-state index in [1.54, 1.807) is 12.1 Å². The van der Waals surface area contributed by atoms with Gasteiger partial charge in [-0.2, -0.15) is 0 Å². The van der Waals surface area contributed by atoms with Gasteiger partial charge in [-0.05, 0) is 47.6 Å². The van der Waals surface area contributed by atoms with Crippen molar-refractivity contribution in [2.24, 2.45) is 0 Å². The monoisotopic (exact) mass is 380 g/mol. The maximum atomic E-state index is 13.1. The fourth-order valence-corrected chi connectivity index (χ4v) is 3.37. The van der Waals surface area contributed by atoms with E-state index in [-0.39, 0.29) is 5.82 Å². The summed E-state index contributed by atoms with van der Waals surface area (Å²) in [7, 11) is 0. The number of hydrogen-bond donors (Lipinski definition) is 1. The number of nitrogens with zero attached hydrogens (tertiary/aromatic N) is 1. The first-order valence-corrected chi connectivity index (χ1v) is 10.0. The van der Waals surface area contributed by atoms with E-state index >= 15 is 0 Å². The Hall–Kier alpha value is -2.43. The van der Waals surface area contributed by atoms with Gasteiger partial charge in [0.2, 0.25) is 0 Å². The zero-order valence-electron chi connectivity index (χ0n) is 16.7. The van der Waals surface area contributed by atoms with Crippen LogP contribution in [0.5, 0.6) is 5.75 Å². The van der Waals surface area contributed by atoms with Gasteiger partial charge < -0.3 is 15.0 Å². The first kappa shape index (κ1) is 20.3. The third-order valence-corrected chi connectivity index (χ3v) is 5.11. The van der Waals surface area contributed by atoms with Crippen LogP contribution in [0.4, 0.5) is 4.39 Å². The highest BCUT2D eigenvalue weighted by atomic mass is 19.1. The quantitative estimate of drug-likeness (QED) is 0.502. The van der Waals surface area contributed by atoms with Crippen LogP contribution in [0.1, 0.15) is 25.0 Å². The number of halogens is 1. The van der Waals surface area contributed by atoms with Crippen molar-refractivity contribution in [3.8, 4) is 5.75 Å². The molecular weight excluding hydrogens is 351 g/mol. The van der Waals surface area contributed by atoms with E-state index in [0.717, 1.165) is 44.0 Å². The van der Waals surface area contributed by atoms with Gasteiger partial charge >= 0.3 is 0 Å². The molecular formula is C24H29FN2O. The van der Waals surface area contributed by atoms with Crippen molar-refractivity contribution >= 4 is 10.8 Å². The third-order valence-electron chi connectivity index (χ3n) is 5.11. The molecule has 28 heavy (non-hydrogen) atoms. The van der Waals surface area contributed by atoms with Crippen LogP contribution in [0.2, 0.25) is 0 Å². The molecule has 4 heteroatoms. The maximum Gasteiger partial charge on any atom is 0.124 e. The van der Waals surface area contributed by atoms with E-state index < -0.39 is 0 Å². The van der Waals surface area contributed by atoms with Crippen LogP contribution in [-0.2, 0) is 13.2 Å². The Labute approximate surface area is 167 Å². The van der Waals surface area contributed by atoms with Gasteiger partial charge in [-0.15, -0.1) is 0 Å². The van der Waals surface area contributed by atoms with Crippen molar-refractivity contribution < 1.29 is 9.13 Å². The Morgan fingerprint density at radius 3 is 2.43 bits per heavy atom. The van der Waals surface area contributed by atoms with Crippen molar-refractivity contribution in [3.05, 3.63) is 77.6 Å². The molecule has 0 spiro atoms. The first-order valence-electron chi connectivity index (χ1n) is 10.0. The summed E-state index contributed by atoms with van der Waals surface area (Å²) in [6.07, 6.45) is 0. The topological polar surface area (TPSA) is 24.5 Å². The molecule has 0 aliphatic rings. The van der Waals surface area contributed by atoms with E-state index in [1.165, 1.54) is 28.5 Å². The minimum absolute atomic E-state index is 0.229. The normalized spacial score (nSPS) is 11.3. The highest BCUT2D eigenvalue weighted by molar-refractivity contribution is 5.87. The fraction of sp³-hybridized carbons (Fsp3) is 0.333. The number of hydrogen-bond acceptors (Lipinski definition) is 3. The molecule has 3 rings (SSSR count). The van der Waals surface area contributed by atoms with E-state index in [0.29, 0.717) is 6.61 Å². The van der Waals surface area contributed by atoms with Gasteiger partial charge in [0, 0.05) is 25.2 Å². The van der Waals surface area contributed by atoms with Gasteiger partial charge in [0.1, 0.15) is 18.2 Å². The summed E-state index contributed by atoms with van der Waals surface area (Å²) in [5.74, 6) is 0.644.